The number of allylic oxidation sites excluding steroid dienone is 2. The van der Waals surface area contributed by atoms with Gasteiger partial charge in [0.15, 0.2) is 23.3 Å². The van der Waals surface area contributed by atoms with Crippen molar-refractivity contribution in [1.82, 2.24) is 0 Å². The van der Waals surface area contributed by atoms with Crippen LogP contribution in [0.5, 0.6) is 0 Å². The summed E-state index contributed by atoms with van der Waals surface area (Å²) in [5, 5.41) is 5.93. The van der Waals surface area contributed by atoms with Gasteiger partial charge in [-0.25, -0.2) is 26.7 Å². The van der Waals surface area contributed by atoms with Crippen molar-refractivity contribution in [2.75, 3.05) is 0 Å². The van der Waals surface area contributed by atoms with Gasteiger partial charge in [0.25, 0.3) is 0 Å². The molecule has 0 saturated heterocycles. The molecule has 0 spiro atoms. The third kappa shape index (κ3) is 3.04. The predicted octanol–water partition coefficient (Wildman–Crippen LogP) is 5.05. The van der Waals surface area contributed by atoms with Crippen LogP contribution in [0.3, 0.4) is 0 Å². The topological polar surface area (TPSA) is 46.5 Å². The Morgan fingerprint density at radius 2 is 1.71 bits per heavy atom. The van der Waals surface area contributed by atoms with Crippen LogP contribution in [0, 0.1) is 0 Å². The van der Waals surface area contributed by atoms with Gasteiger partial charge < -0.3 is 9.84 Å². The number of carbonyl (C=O) groups is 1. The van der Waals surface area contributed by atoms with Gasteiger partial charge in [-0.3, -0.25) is 0 Å². The van der Waals surface area contributed by atoms with Crippen LogP contribution in [0.2, 0.25) is 0 Å². The molecule has 1 aliphatic rings. The number of ether oxygens (including phenoxy) is 1. The Labute approximate surface area is 133 Å². The lowest BCUT2D eigenvalue weighted by atomic mass is 9.86. The van der Waals surface area contributed by atoms with Crippen LogP contribution < -0.4 is 0 Å². The van der Waals surface area contributed by atoms with Gasteiger partial charge in [-0.1, -0.05) is 34.8 Å². The van der Waals surface area contributed by atoms with E-state index in [1.165, 1.54) is 0 Å². The fraction of sp³-hybridized carbons (Fsp3) is 0.444. The lowest BCUT2D eigenvalue weighted by Crippen LogP contribution is -2.58. The number of alkyl halides is 5. The zero-order chi connectivity index (χ0) is 16.7. The van der Waals surface area contributed by atoms with E-state index in [-0.39, 0.29) is 0 Å². The molecule has 1 N–H and O–H groups in total. The molecule has 12 heteroatoms. The SMILES string of the molecule is O=C(O)OC1(C(Cl)C(Cl)(Cl)Cl)C(F)=C(F)C(F)=C(F)C1F. The highest BCUT2D eigenvalue weighted by atomic mass is 35.6. The van der Waals surface area contributed by atoms with Crippen molar-refractivity contribution < 1.29 is 36.6 Å². The Morgan fingerprint density at radius 1 is 1.24 bits per heavy atom. The molecule has 0 saturated carbocycles. The maximum atomic E-state index is 13.9. The van der Waals surface area contributed by atoms with E-state index in [0.717, 1.165) is 0 Å². The van der Waals surface area contributed by atoms with E-state index in [9.17, 15) is 26.7 Å². The quantitative estimate of drug-likeness (QED) is 0.404. The summed E-state index contributed by atoms with van der Waals surface area (Å²) < 4.78 is 68.4. The standard InChI is InChI=1S/C9H3Cl4F5O3/c10-6(9(11,12)13)8(21-7(19)20)4(17)2(15)1(14)3(16)5(8)18/h4,6H,(H,19,20). The Balaban J connectivity index is 3.63. The number of rotatable bonds is 2. The molecule has 0 amide bonds. The molecule has 0 fully saturated rings. The number of halogens is 9. The molecule has 0 radical (unpaired) electrons. The van der Waals surface area contributed by atoms with E-state index in [2.05, 4.69) is 4.74 Å². The molecule has 0 heterocycles. The Kier molecular flexibility index (Phi) is 5.30. The van der Waals surface area contributed by atoms with Crippen molar-refractivity contribution in [3.05, 3.63) is 23.3 Å². The summed E-state index contributed by atoms with van der Waals surface area (Å²) in [5.41, 5.74) is -3.75. The van der Waals surface area contributed by atoms with Crippen LogP contribution in [-0.4, -0.2) is 32.2 Å². The van der Waals surface area contributed by atoms with E-state index in [1.54, 1.807) is 0 Å². The van der Waals surface area contributed by atoms with Gasteiger partial charge in [0.1, 0.15) is 5.38 Å². The van der Waals surface area contributed by atoms with Gasteiger partial charge in [-0.05, 0) is 0 Å². The van der Waals surface area contributed by atoms with Gasteiger partial charge in [0.05, 0.1) is 0 Å². The second-order valence-corrected chi connectivity index (χ2v) is 6.52. The Morgan fingerprint density at radius 3 is 2.10 bits per heavy atom. The Hall–Kier alpha value is -0.440. The Bertz CT molecular complexity index is 532. The predicted molar refractivity (Wildman–Crippen MR) is 65.2 cm³/mol. The zero-order valence-electron chi connectivity index (χ0n) is 9.32. The van der Waals surface area contributed by atoms with Gasteiger partial charge >= 0.3 is 6.16 Å². The van der Waals surface area contributed by atoms with Crippen LogP contribution in [0.1, 0.15) is 0 Å². The molecule has 1 aliphatic carbocycles. The number of hydrogen-bond donors (Lipinski definition) is 1. The van der Waals surface area contributed by atoms with Crippen molar-refractivity contribution in [3.8, 4) is 0 Å². The molecular formula is C9H3Cl4F5O3. The highest BCUT2D eigenvalue weighted by molar-refractivity contribution is 6.70. The zero-order valence-corrected chi connectivity index (χ0v) is 12.3. The average Bonchev–Trinajstić information content (AvgIpc) is 2.37. The fourth-order valence-electron chi connectivity index (χ4n) is 1.56. The molecule has 0 bridgehead atoms. The van der Waals surface area contributed by atoms with Gasteiger partial charge in [-0.15, -0.1) is 11.6 Å². The van der Waals surface area contributed by atoms with Crippen LogP contribution in [0.4, 0.5) is 26.7 Å². The van der Waals surface area contributed by atoms with Crippen molar-refractivity contribution >= 4 is 52.6 Å². The minimum atomic E-state index is -3.75. The summed E-state index contributed by atoms with van der Waals surface area (Å²) in [6.45, 7) is 0. The first kappa shape index (κ1) is 18.6. The van der Waals surface area contributed by atoms with Crippen LogP contribution >= 0.6 is 46.4 Å². The van der Waals surface area contributed by atoms with Crippen LogP contribution in [-0.2, 0) is 4.74 Å². The fourth-order valence-corrected chi connectivity index (χ4v) is 2.30. The molecule has 0 aromatic heterocycles. The van der Waals surface area contributed by atoms with E-state index in [0.29, 0.717) is 0 Å². The smallest absolute Gasteiger partial charge is 0.450 e. The van der Waals surface area contributed by atoms with Gasteiger partial charge in [-0.2, -0.15) is 0 Å². The van der Waals surface area contributed by atoms with E-state index in [1.807, 2.05) is 0 Å². The molecule has 0 aromatic rings. The monoisotopic (exact) mass is 394 g/mol. The van der Waals surface area contributed by atoms with Crippen LogP contribution in [0.25, 0.3) is 0 Å². The van der Waals surface area contributed by atoms with Crippen molar-refractivity contribution in [2.45, 2.75) is 20.9 Å². The lowest BCUT2D eigenvalue weighted by Gasteiger charge is -2.40. The average molecular weight is 396 g/mol. The summed E-state index contributed by atoms with van der Waals surface area (Å²) in [7, 11) is 0. The summed E-state index contributed by atoms with van der Waals surface area (Å²) in [6.07, 6.45) is -5.90. The number of carboxylic acid groups (broad SMARTS) is 1. The first-order valence-corrected chi connectivity index (χ1v) is 6.32. The molecule has 1 rings (SSSR count). The molecule has 0 aliphatic heterocycles. The summed E-state index contributed by atoms with van der Waals surface area (Å²) in [5.74, 6) is -10.1. The van der Waals surface area contributed by atoms with Gasteiger partial charge in [0, 0.05) is 0 Å². The number of hydrogen-bond acceptors (Lipinski definition) is 2. The molecule has 3 nitrogen and oxygen atoms in total. The third-order valence-electron chi connectivity index (χ3n) is 2.46. The highest BCUT2D eigenvalue weighted by Crippen LogP contribution is 2.52. The molecule has 0 aromatic carbocycles. The second kappa shape index (κ2) is 5.98. The largest absolute Gasteiger partial charge is 0.506 e. The van der Waals surface area contributed by atoms with Crippen molar-refractivity contribution in [3.63, 3.8) is 0 Å². The summed E-state index contributed by atoms with van der Waals surface area (Å²) >= 11 is 21.2. The first-order valence-electron chi connectivity index (χ1n) is 4.75. The maximum absolute atomic E-state index is 13.9. The van der Waals surface area contributed by atoms with Crippen LogP contribution in [0.15, 0.2) is 23.3 Å². The molecule has 3 atom stereocenters. The summed E-state index contributed by atoms with van der Waals surface area (Å²) in [6, 6.07) is 0. The molecule has 3 unspecified atom stereocenters. The van der Waals surface area contributed by atoms with Crippen molar-refractivity contribution in [2.24, 2.45) is 0 Å². The van der Waals surface area contributed by atoms with Crippen molar-refractivity contribution in [1.29, 1.82) is 0 Å². The second-order valence-electron chi connectivity index (χ2n) is 3.72. The highest BCUT2D eigenvalue weighted by Gasteiger charge is 2.65. The lowest BCUT2D eigenvalue weighted by molar-refractivity contribution is -0.0585. The first-order chi connectivity index (χ1) is 9.37. The van der Waals surface area contributed by atoms with Gasteiger partial charge in [0.2, 0.25) is 15.6 Å². The minimum Gasteiger partial charge on any atom is -0.450 e. The molecule has 120 valence electrons. The minimum absolute atomic E-state index is 2.39. The molecular weight excluding hydrogens is 393 g/mol. The normalized spacial score (nSPS) is 28.7. The summed E-state index contributed by atoms with van der Waals surface area (Å²) in [4.78, 5) is 10.6. The molecule has 21 heavy (non-hydrogen) atoms. The van der Waals surface area contributed by atoms with E-state index in [4.69, 9.17) is 51.5 Å². The third-order valence-corrected chi connectivity index (χ3v) is 4.10. The maximum Gasteiger partial charge on any atom is 0.506 e. The van der Waals surface area contributed by atoms with E-state index < -0.39 is 50.4 Å². The van der Waals surface area contributed by atoms with E-state index >= 15 is 0 Å².